The molecule has 1 amide bonds. The first-order chi connectivity index (χ1) is 11.3. The number of aryl methyl sites for hydroxylation is 1. The van der Waals surface area contributed by atoms with E-state index in [-0.39, 0.29) is 10.8 Å². The summed E-state index contributed by atoms with van der Waals surface area (Å²) in [5, 5.41) is 6.83. The lowest BCUT2D eigenvalue weighted by Crippen LogP contribution is -2.35. The number of unbranched alkanes of at least 4 members (excludes halogenated alkanes) is 1. The molecule has 24 heavy (non-hydrogen) atoms. The molecule has 0 saturated heterocycles. The number of nitrogens with zero attached hydrogens (tertiary/aromatic N) is 3. The number of amides is 1. The Labute approximate surface area is 150 Å². The van der Waals surface area contributed by atoms with Gasteiger partial charge in [-0.15, -0.1) is 11.3 Å². The number of hydrogen-bond donors (Lipinski definition) is 1. The third kappa shape index (κ3) is 4.56. The highest BCUT2D eigenvalue weighted by molar-refractivity contribution is 7.91. The molecule has 0 aromatic carbocycles. The summed E-state index contributed by atoms with van der Waals surface area (Å²) in [5.41, 5.74) is 0. The van der Waals surface area contributed by atoms with Gasteiger partial charge in [0.15, 0.2) is 0 Å². The molecule has 10 heteroatoms. The van der Waals surface area contributed by atoms with Crippen molar-refractivity contribution in [3.63, 3.8) is 0 Å². The van der Waals surface area contributed by atoms with Crippen molar-refractivity contribution in [1.29, 1.82) is 0 Å². The Balaban J connectivity index is 2.00. The molecule has 0 saturated carbocycles. The summed E-state index contributed by atoms with van der Waals surface area (Å²) in [7, 11) is -2.37. The Kier molecular flexibility index (Phi) is 6.39. The Morgan fingerprint density at radius 3 is 2.79 bits per heavy atom. The standard InChI is InChI=1S/C14H19ClN4O3S2/c1-3-4-9-19-12(7-8-16-19)17-13(20)10-18(2)24(21,22)14-6-5-11(15)23-14/h5-8H,3-4,9-10H2,1-2H3,(H,17,20). The van der Waals surface area contributed by atoms with Crippen molar-refractivity contribution >= 4 is 44.7 Å². The number of halogens is 1. The van der Waals surface area contributed by atoms with Gasteiger partial charge in [0.1, 0.15) is 10.0 Å². The van der Waals surface area contributed by atoms with Gasteiger partial charge in [-0.05, 0) is 18.6 Å². The van der Waals surface area contributed by atoms with Gasteiger partial charge in [-0.2, -0.15) is 9.40 Å². The molecular formula is C14H19ClN4O3S2. The minimum absolute atomic E-state index is 0.107. The van der Waals surface area contributed by atoms with Crippen LogP contribution in [0.15, 0.2) is 28.6 Å². The second kappa shape index (κ2) is 8.11. The minimum atomic E-state index is -3.73. The summed E-state index contributed by atoms with van der Waals surface area (Å²) in [6.07, 6.45) is 3.55. The highest BCUT2D eigenvalue weighted by Gasteiger charge is 2.25. The average molecular weight is 391 g/mol. The SMILES string of the molecule is CCCCn1nccc1NC(=O)CN(C)S(=O)(=O)c1ccc(Cl)s1. The summed E-state index contributed by atoms with van der Waals surface area (Å²) in [5.74, 6) is 0.125. The fourth-order valence-corrected chi connectivity index (χ4v) is 4.81. The van der Waals surface area contributed by atoms with E-state index in [9.17, 15) is 13.2 Å². The quantitative estimate of drug-likeness (QED) is 0.750. The number of thiophene rings is 1. The summed E-state index contributed by atoms with van der Waals surface area (Å²) in [6.45, 7) is 2.47. The highest BCUT2D eigenvalue weighted by Crippen LogP contribution is 2.27. The number of carbonyl (C=O) groups is 1. The van der Waals surface area contributed by atoms with Crippen LogP contribution in [0.1, 0.15) is 19.8 Å². The van der Waals surface area contributed by atoms with Crippen LogP contribution in [0, 0.1) is 0 Å². The number of carbonyl (C=O) groups excluding carboxylic acids is 1. The molecule has 0 spiro atoms. The molecule has 7 nitrogen and oxygen atoms in total. The molecule has 0 atom stereocenters. The van der Waals surface area contributed by atoms with E-state index in [2.05, 4.69) is 17.3 Å². The summed E-state index contributed by atoms with van der Waals surface area (Å²) in [4.78, 5) is 12.1. The lowest BCUT2D eigenvalue weighted by atomic mass is 10.3. The Hall–Kier alpha value is -1.42. The molecule has 0 fully saturated rings. The largest absolute Gasteiger partial charge is 0.310 e. The average Bonchev–Trinajstić information content (AvgIpc) is 3.14. The number of nitrogens with one attached hydrogen (secondary N) is 1. The Bertz CT molecular complexity index is 801. The first-order valence-electron chi connectivity index (χ1n) is 7.38. The smallest absolute Gasteiger partial charge is 0.252 e. The van der Waals surface area contributed by atoms with Gasteiger partial charge in [0, 0.05) is 19.7 Å². The first-order valence-corrected chi connectivity index (χ1v) is 10.0. The summed E-state index contributed by atoms with van der Waals surface area (Å²) < 4.78 is 27.9. The number of rotatable bonds is 8. The molecule has 2 aromatic heterocycles. The number of hydrogen-bond acceptors (Lipinski definition) is 5. The number of likely N-dealkylation sites (N-methyl/N-ethyl adjacent to an activating group) is 1. The topological polar surface area (TPSA) is 84.3 Å². The normalized spacial score (nSPS) is 11.8. The van der Waals surface area contributed by atoms with E-state index in [0.29, 0.717) is 16.7 Å². The Morgan fingerprint density at radius 1 is 1.42 bits per heavy atom. The zero-order chi connectivity index (χ0) is 17.7. The van der Waals surface area contributed by atoms with Gasteiger partial charge in [-0.3, -0.25) is 4.79 Å². The van der Waals surface area contributed by atoms with Crippen LogP contribution in [-0.2, 0) is 21.4 Å². The number of aromatic nitrogens is 2. The second-order valence-corrected chi connectivity index (χ2v) is 9.15. The van der Waals surface area contributed by atoms with Crippen molar-refractivity contribution in [2.75, 3.05) is 18.9 Å². The van der Waals surface area contributed by atoms with Crippen LogP contribution < -0.4 is 5.32 Å². The van der Waals surface area contributed by atoms with Crippen molar-refractivity contribution in [3.8, 4) is 0 Å². The molecule has 132 valence electrons. The maximum absolute atomic E-state index is 12.4. The molecule has 0 bridgehead atoms. The Morgan fingerprint density at radius 2 is 2.17 bits per heavy atom. The van der Waals surface area contributed by atoms with E-state index < -0.39 is 15.9 Å². The van der Waals surface area contributed by atoms with Crippen molar-refractivity contribution in [2.45, 2.75) is 30.5 Å². The number of anilines is 1. The molecule has 0 unspecified atom stereocenters. The van der Waals surface area contributed by atoms with Crippen LogP contribution in [0.4, 0.5) is 5.82 Å². The van der Waals surface area contributed by atoms with Crippen LogP contribution in [-0.4, -0.2) is 42.0 Å². The molecule has 0 aliphatic carbocycles. The first kappa shape index (κ1) is 18.9. The van der Waals surface area contributed by atoms with Gasteiger partial charge in [0.25, 0.3) is 10.0 Å². The zero-order valence-electron chi connectivity index (χ0n) is 13.4. The van der Waals surface area contributed by atoms with E-state index in [1.165, 1.54) is 19.2 Å². The molecule has 2 aromatic rings. The lowest BCUT2D eigenvalue weighted by Gasteiger charge is -2.16. The zero-order valence-corrected chi connectivity index (χ0v) is 15.8. The van der Waals surface area contributed by atoms with Crippen LogP contribution in [0.25, 0.3) is 0 Å². The second-order valence-electron chi connectivity index (χ2n) is 5.16. The van der Waals surface area contributed by atoms with Crippen LogP contribution in [0.5, 0.6) is 0 Å². The fourth-order valence-electron chi connectivity index (χ4n) is 1.98. The molecule has 2 rings (SSSR count). The van der Waals surface area contributed by atoms with Crippen molar-refractivity contribution in [1.82, 2.24) is 14.1 Å². The van der Waals surface area contributed by atoms with Crippen molar-refractivity contribution < 1.29 is 13.2 Å². The van der Waals surface area contributed by atoms with E-state index in [0.717, 1.165) is 28.5 Å². The van der Waals surface area contributed by atoms with Crippen LogP contribution in [0.2, 0.25) is 4.34 Å². The molecule has 2 heterocycles. The van der Waals surface area contributed by atoms with Crippen molar-refractivity contribution in [2.24, 2.45) is 0 Å². The van der Waals surface area contributed by atoms with Gasteiger partial charge in [0.2, 0.25) is 5.91 Å². The van der Waals surface area contributed by atoms with Gasteiger partial charge in [-0.25, -0.2) is 13.1 Å². The minimum Gasteiger partial charge on any atom is -0.310 e. The lowest BCUT2D eigenvalue weighted by molar-refractivity contribution is -0.116. The van der Waals surface area contributed by atoms with E-state index in [4.69, 9.17) is 11.6 Å². The third-order valence-electron chi connectivity index (χ3n) is 3.29. The molecule has 0 aliphatic heterocycles. The van der Waals surface area contributed by atoms with Gasteiger partial charge in [-0.1, -0.05) is 24.9 Å². The molecule has 1 N–H and O–H groups in total. The van der Waals surface area contributed by atoms with Crippen LogP contribution >= 0.6 is 22.9 Å². The van der Waals surface area contributed by atoms with E-state index >= 15 is 0 Å². The van der Waals surface area contributed by atoms with Crippen LogP contribution in [0.3, 0.4) is 0 Å². The maximum atomic E-state index is 12.4. The fraction of sp³-hybridized carbons (Fsp3) is 0.429. The monoisotopic (exact) mass is 390 g/mol. The van der Waals surface area contributed by atoms with Gasteiger partial charge in [0.05, 0.1) is 17.1 Å². The van der Waals surface area contributed by atoms with E-state index in [1.54, 1.807) is 16.9 Å². The summed E-state index contributed by atoms with van der Waals surface area (Å²) >= 11 is 6.73. The third-order valence-corrected chi connectivity index (χ3v) is 6.79. The maximum Gasteiger partial charge on any atom is 0.252 e. The van der Waals surface area contributed by atoms with Gasteiger partial charge < -0.3 is 5.32 Å². The molecule has 0 aliphatic rings. The molecular weight excluding hydrogens is 372 g/mol. The summed E-state index contributed by atoms with van der Waals surface area (Å²) in [6, 6.07) is 4.62. The predicted molar refractivity (Wildman–Crippen MR) is 94.9 cm³/mol. The molecule has 0 radical (unpaired) electrons. The highest BCUT2D eigenvalue weighted by atomic mass is 35.5. The predicted octanol–water partition coefficient (Wildman–Crippen LogP) is 2.66. The van der Waals surface area contributed by atoms with Crippen molar-refractivity contribution in [3.05, 3.63) is 28.7 Å². The van der Waals surface area contributed by atoms with E-state index in [1.807, 2.05) is 0 Å². The number of sulfonamides is 1. The van der Waals surface area contributed by atoms with Gasteiger partial charge >= 0.3 is 0 Å².